The summed E-state index contributed by atoms with van der Waals surface area (Å²) in [6, 6.07) is 7.54. The highest BCUT2D eigenvalue weighted by Crippen LogP contribution is 2.27. The third-order valence-electron chi connectivity index (χ3n) is 6.71. The summed E-state index contributed by atoms with van der Waals surface area (Å²) in [7, 11) is 3.41. The van der Waals surface area contributed by atoms with Crippen LogP contribution in [0.2, 0.25) is 0 Å². The molecule has 8 nitrogen and oxygen atoms in total. The molecule has 3 N–H and O–H groups in total. The molecule has 2 fully saturated rings. The second-order valence-corrected chi connectivity index (χ2v) is 9.33. The van der Waals surface area contributed by atoms with Crippen LogP contribution in [0, 0.1) is 0 Å². The van der Waals surface area contributed by atoms with Crippen molar-refractivity contribution in [1.82, 2.24) is 15.2 Å². The molecule has 0 aromatic heterocycles. The van der Waals surface area contributed by atoms with Gasteiger partial charge in [-0.2, -0.15) is 0 Å². The molecule has 0 radical (unpaired) electrons. The first kappa shape index (κ1) is 28.9. The van der Waals surface area contributed by atoms with Gasteiger partial charge in [0.15, 0.2) is 0 Å². The fourth-order valence-electron chi connectivity index (χ4n) is 4.45. The molecule has 3 rings (SSSR count). The van der Waals surface area contributed by atoms with E-state index in [1.807, 2.05) is 55.3 Å². The van der Waals surface area contributed by atoms with E-state index in [-0.39, 0.29) is 24.8 Å². The zero-order valence-electron chi connectivity index (χ0n) is 22.4. The number of halogens is 2. The number of benzene rings is 1. The lowest BCUT2D eigenvalue weighted by atomic mass is 10.1. The van der Waals surface area contributed by atoms with Crippen molar-refractivity contribution in [2.75, 3.05) is 51.8 Å². The van der Waals surface area contributed by atoms with E-state index >= 15 is 0 Å². The SMILES string of the molecule is C=C/C(=C\C(=C/C)N/N=C(OC)\C(=C/N)c1ccc(N2CCCC2=O)cc1)N(C)CCN1CCC(F)(F)C1. The summed E-state index contributed by atoms with van der Waals surface area (Å²) >= 11 is 0. The fraction of sp³-hybridized carbons (Fsp3) is 0.429. The largest absolute Gasteiger partial charge is 0.480 e. The molecular formula is C28H38F2N6O2. The fourth-order valence-corrected chi connectivity index (χ4v) is 4.45. The quantitative estimate of drug-likeness (QED) is 0.196. The molecular weight excluding hydrogens is 490 g/mol. The number of nitrogens with zero attached hydrogens (tertiary/aromatic N) is 4. The number of carbonyl (C=O) groups is 1. The van der Waals surface area contributed by atoms with Crippen molar-refractivity contribution in [1.29, 1.82) is 0 Å². The number of hydrogen-bond acceptors (Lipinski definition) is 7. The maximum Gasteiger partial charge on any atom is 0.261 e. The van der Waals surface area contributed by atoms with E-state index < -0.39 is 5.92 Å². The van der Waals surface area contributed by atoms with Crippen LogP contribution in [0.1, 0.15) is 31.7 Å². The molecule has 2 heterocycles. The number of anilines is 1. The average Bonchev–Trinajstić information content (AvgIpc) is 3.50. The Kier molecular flexibility index (Phi) is 10.1. The number of nitrogens with one attached hydrogen (secondary N) is 1. The summed E-state index contributed by atoms with van der Waals surface area (Å²) in [5, 5.41) is 4.42. The van der Waals surface area contributed by atoms with Crippen LogP contribution in [-0.4, -0.2) is 74.4 Å². The van der Waals surface area contributed by atoms with Crippen LogP contribution in [0.25, 0.3) is 5.57 Å². The Morgan fingerprint density at radius 2 is 2.05 bits per heavy atom. The van der Waals surface area contributed by atoms with E-state index in [4.69, 9.17) is 10.5 Å². The van der Waals surface area contributed by atoms with E-state index in [1.165, 1.54) is 13.3 Å². The van der Waals surface area contributed by atoms with Crippen molar-refractivity contribution in [3.05, 3.63) is 72.2 Å². The third-order valence-corrected chi connectivity index (χ3v) is 6.71. The first-order chi connectivity index (χ1) is 18.2. The van der Waals surface area contributed by atoms with Gasteiger partial charge in [-0.3, -0.25) is 15.1 Å². The first-order valence-electron chi connectivity index (χ1n) is 12.7. The number of ether oxygens (including phenoxy) is 1. The molecule has 2 saturated heterocycles. The minimum Gasteiger partial charge on any atom is -0.480 e. The molecule has 1 amide bonds. The second-order valence-electron chi connectivity index (χ2n) is 9.33. The molecule has 2 aliphatic heterocycles. The van der Waals surface area contributed by atoms with Gasteiger partial charge in [0.05, 0.1) is 24.9 Å². The van der Waals surface area contributed by atoms with Crippen molar-refractivity contribution in [2.24, 2.45) is 10.8 Å². The number of nitrogens with two attached hydrogens (primary N) is 1. The van der Waals surface area contributed by atoms with E-state index in [0.717, 1.165) is 29.9 Å². The number of rotatable bonds is 11. The zero-order chi connectivity index (χ0) is 27.7. The maximum atomic E-state index is 13.5. The standard InChI is InChI=1S/C28H38F2N6O2/c1-5-22(18-23(6-2)34(3)16-17-35-15-13-28(29,30)20-35)32-33-27(38-4)25(19-31)21-9-11-24(12-10-21)36-14-7-8-26(36)37/h5-6,9-12,18-19,32H,2,7-8,13-17,20,31H2,1,3-4H3/b22-5+,23-18+,25-19-,33-27+. The maximum absolute atomic E-state index is 13.5. The number of methoxy groups -OCH3 is 1. The number of amides is 1. The van der Waals surface area contributed by atoms with E-state index in [2.05, 4.69) is 17.1 Å². The predicted molar refractivity (Wildman–Crippen MR) is 148 cm³/mol. The molecule has 0 aliphatic carbocycles. The van der Waals surface area contributed by atoms with Crippen LogP contribution >= 0.6 is 0 Å². The molecule has 1 aromatic rings. The second kappa shape index (κ2) is 13.2. The number of likely N-dealkylation sites (tertiary alicyclic amines) is 1. The molecule has 38 heavy (non-hydrogen) atoms. The van der Waals surface area contributed by atoms with Crippen LogP contribution in [0.3, 0.4) is 0 Å². The molecule has 0 bridgehead atoms. The number of hydrazone groups is 1. The van der Waals surface area contributed by atoms with Gasteiger partial charge in [-0.05, 0) is 43.2 Å². The Morgan fingerprint density at radius 1 is 1.32 bits per heavy atom. The number of alkyl halides is 2. The molecule has 0 saturated carbocycles. The van der Waals surface area contributed by atoms with Gasteiger partial charge in [0.1, 0.15) is 0 Å². The van der Waals surface area contributed by atoms with Gasteiger partial charge in [0.25, 0.3) is 5.92 Å². The van der Waals surface area contributed by atoms with Crippen LogP contribution in [0.15, 0.2) is 71.8 Å². The highest BCUT2D eigenvalue weighted by molar-refractivity contribution is 6.19. The van der Waals surface area contributed by atoms with Crippen molar-refractivity contribution in [2.45, 2.75) is 32.1 Å². The zero-order valence-corrected chi connectivity index (χ0v) is 22.4. The average molecular weight is 529 g/mol. The lowest BCUT2D eigenvalue weighted by Gasteiger charge is -2.24. The van der Waals surface area contributed by atoms with Crippen LogP contribution in [0.4, 0.5) is 14.5 Å². The number of hydrogen-bond donors (Lipinski definition) is 2. The van der Waals surface area contributed by atoms with E-state index in [0.29, 0.717) is 37.3 Å². The van der Waals surface area contributed by atoms with E-state index in [9.17, 15) is 13.6 Å². The highest BCUT2D eigenvalue weighted by atomic mass is 19.3. The van der Waals surface area contributed by atoms with Gasteiger partial charge in [-0.25, -0.2) is 8.78 Å². The van der Waals surface area contributed by atoms with Crippen LogP contribution in [-0.2, 0) is 9.53 Å². The lowest BCUT2D eigenvalue weighted by Crippen LogP contribution is -2.33. The van der Waals surface area contributed by atoms with Gasteiger partial charge in [-0.1, -0.05) is 24.8 Å². The Balaban J connectivity index is 1.66. The molecule has 0 unspecified atom stereocenters. The highest BCUT2D eigenvalue weighted by Gasteiger charge is 2.37. The van der Waals surface area contributed by atoms with Gasteiger partial charge < -0.3 is 20.3 Å². The van der Waals surface area contributed by atoms with Gasteiger partial charge in [0.2, 0.25) is 11.8 Å². The monoisotopic (exact) mass is 528 g/mol. The van der Waals surface area contributed by atoms with Crippen molar-refractivity contribution >= 4 is 23.1 Å². The Bertz CT molecular complexity index is 1110. The topological polar surface area (TPSA) is 86.4 Å². The van der Waals surface area contributed by atoms with Crippen LogP contribution in [0.5, 0.6) is 0 Å². The summed E-state index contributed by atoms with van der Waals surface area (Å²) in [4.78, 5) is 17.6. The molecule has 2 aliphatic rings. The third kappa shape index (κ3) is 7.44. The van der Waals surface area contributed by atoms with Crippen molar-refractivity contribution in [3.8, 4) is 0 Å². The van der Waals surface area contributed by atoms with Crippen LogP contribution < -0.4 is 16.1 Å². The Labute approximate surface area is 223 Å². The van der Waals surface area contributed by atoms with Gasteiger partial charge >= 0.3 is 0 Å². The predicted octanol–water partition coefficient (Wildman–Crippen LogP) is 3.91. The normalized spacial score (nSPS) is 19.2. The summed E-state index contributed by atoms with van der Waals surface area (Å²) in [5.74, 6) is -2.18. The molecule has 1 aromatic carbocycles. The smallest absolute Gasteiger partial charge is 0.261 e. The summed E-state index contributed by atoms with van der Waals surface area (Å²) < 4.78 is 32.5. The van der Waals surface area contributed by atoms with Gasteiger partial charge in [0, 0.05) is 63.7 Å². The molecule has 0 atom stereocenters. The summed E-state index contributed by atoms with van der Waals surface area (Å²) in [5.41, 5.74) is 12.7. The number of carbonyl (C=O) groups excluding carboxylic acids is 1. The Hall–Kier alpha value is -3.66. The molecule has 0 spiro atoms. The van der Waals surface area contributed by atoms with Crippen molar-refractivity contribution in [3.63, 3.8) is 0 Å². The summed E-state index contributed by atoms with van der Waals surface area (Å²) in [6.07, 6.45) is 8.21. The van der Waals surface area contributed by atoms with Gasteiger partial charge in [-0.15, -0.1) is 5.10 Å². The molecule has 206 valence electrons. The lowest BCUT2D eigenvalue weighted by molar-refractivity contribution is -0.117. The summed E-state index contributed by atoms with van der Waals surface area (Å²) in [6.45, 7) is 7.81. The number of allylic oxidation sites excluding steroid dienone is 3. The number of likely N-dealkylation sites (N-methyl/N-ethyl adjacent to an activating group) is 1. The van der Waals surface area contributed by atoms with Crippen molar-refractivity contribution < 1.29 is 18.3 Å². The Morgan fingerprint density at radius 3 is 2.58 bits per heavy atom. The molecule has 10 heteroatoms. The van der Waals surface area contributed by atoms with E-state index in [1.54, 1.807) is 15.9 Å². The first-order valence-corrected chi connectivity index (χ1v) is 12.7. The minimum absolute atomic E-state index is 0.0884. The minimum atomic E-state index is -2.60.